The van der Waals surface area contributed by atoms with Gasteiger partial charge in [-0.25, -0.2) is 0 Å². The first kappa shape index (κ1) is 17.1. The summed E-state index contributed by atoms with van der Waals surface area (Å²) in [5, 5.41) is 3.39. The molecule has 4 nitrogen and oxygen atoms in total. The van der Waals surface area contributed by atoms with Crippen LogP contribution < -0.4 is 14.8 Å². The molecule has 1 saturated heterocycles. The third-order valence-corrected chi connectivity index (χ3v) is 3.67. The lowest BCUT2D eigenvalue weighted by Gasteiger charge is -2.27. The van der Waals surface area contributed by atoms with Crippen molar-refractivity contribution in [2.45, 2.75) is 46.3 Å². The van der Waals surface area contributed by atoms with E-state index in [1.54, 1.807) is 0 Å². The summed E-state index contributed by atoms with van der Waals surface area (Å²) in [5.74, 6) is 1.92. The zero-order valence-electron chi connectivity index (χ0n) is 14.4. The monoisotopic (exact) mass is 306 g/mol. The summed E-state index contributed by atoms with van der Waals surface area (Å²) in [6.45, 7) is 13.7. The highest BCUT2D eigenvalue weighted by molar-refractivity contribution is 5.40. The highest BCUT2D eigenvalue weighted by atomic mass is 16.5. The standard InChI is InChI=1S/C18H30N2O2/c1-14(2)21-17-5-6-18(22-15(3)4)16(13-17)7-10-20-11-8-19-9-12-20/h5-6,13-15,19H,7-12H2,1-4H3. The molecule has 22 heavy (non-hydrogen) atoms. The zero-order valence-corrected chi connectivity index (χ0v) is 14.4. The molecule has 1 aromatic rings. The van der Waals surface area contributed by atoms with E-state index in [1.165, 1.54) is 5.56 Å². The van der Waals surface area contributed by atoms with Crippen LogP contribution in [0.3, 0.4) is 0 Å². The van der Waals surface area contributed by atoms with Crippen LogP contribution in [0.1, 0.15) is 33.3 Å². The Morgan fingerprint density at radius 1 is 1.05 bits per heavy atom. The smallest absolute Gasteiger partial charge is 0.123 e. The van der Waals surface area contributed by atoms with Crippen LogP contribution in [0.5, 0.6) is 11.5 Å². The molecule has 0 spiro atoms. The lowest BCUT2D eigenvalue weighted by molar-refractivity contribution is 0.226. The van der Waals surface area contributed by atoms with Crippen molar-refractivity contribution in [2.75, 3.05) is 32.7 Å². The number of hydrogen-bond acceptors (Lipinski definition) is 4. The molecular formula is C18H30N2O2. The highest BCUT2D eigenvalue weighted by Crippen LogP contribution is 2.26. The summed E-state index contributed by atoms with van der Waals surface area (Å²) >= 11 is 0. The third kappa shape index (κ3) is 5.50. The van der Waals surface area contributed by atoms with Gasteiger partial charge in [0.2, 0.25) is 0 Å². The fraction of sp³-hybridized carbons (Fsp3) is 0.667. The molecule has 1 heterocycles. The topological polar surface area (TPSA) is 33.7 Å². The minimum Gasteiger partial charge on any atom is -0.491 e. The summed E-state index contributed by atoms with van der Waals surface area (Å²) in [6, 6.07) is 6.19. The molecule has 0 atom stereocenters. The van der Waals surface area contributed by atoms with E-state index in [0.717, 1.165) is 50.6 Å². The summed E-state index contributed by atoms with van der Waals surface area (Å²) in [7, 11) is 0. The van der Waals surface area contributed by atoms with Crippen molar-refractivity contribution in [3.8, 4) is 11.5 Å². The first-order valence-corrected chi connectivity index (χ1v) is 8.44. The van der Waals surface area contributed by atoms with Crippen LogP contribution >= 0.6 is 0 Å². The van der Waals surface area contributed by atoms with Crippen LogP contribution in [0.2, 0.25) is 0 Å². The first-order valence-electron chi connectivity index (χ1n) is 8.44. The van der Waals surface area contributed by atoms with E-state index < -0.39 is 0 Å². The molecule has 4 heteroatoms. The molecule has 0 aromatic heterocycles. The maximum absolute atomic E-state index is 5.96. The third-order valence-electron chi connectivity index (χ3n) is 3.67. The van der Waals surface area contributed by atoms with Crippen LogP contribution in [-0.2, 0) is 6.42 Å². The van der Waals surface area contributed by atoms with E-state index in [1.807, 2.05) is 12.1 Å². The van der Waals surface area contributed by atoms with Gasteiger partial charge in [0.05, 0.1) is 12.2 Å². The first-order chi connectivity index (χ1) is 10.5. The van der Waals surface area contributed by atoms with Crippen molar-refractivity contribution in [3.63, 3.8) is 0 Å². The molecule has 1 aliphatic heterocycles. The Balaban J connectivity index is 2.05. The minimum atomic E-state index is 0.190. The zero-order chi connectivity index (χ0) is 15.9. The van der Waals surface area contributed by atoms with Gasteiger partial charge in [-0.15, -0.1) is 0 Å². The molecule has 1 aliphatic rings. The van der Waals surface area contributed by atoms with E-state index in [9.17, 15) is 0 Å². The maximum atomic E-state index is 5.96. The van der Waals surface area contributed by atoms with Gasteiger partial charge in [0, 0.05) is 32.7 Å². The largest absolute Gasteiger partial charge is 0.491 e. The van der Waals surface area contributed by atoms with Gasteiger partial charge in [0.25, 0.3) is 0 Å². The number of piperazine rings is 1. The van der Waals surface area contributed by atoms with Gasteiger partial charge < -0.3 is 19.7 Å². The van der Waals surface area contributed by atoms with Crippen molar-refractivity contribution < 1.29 is 9.47 Å². The summed E-state index contributed by atoms with van der Waals surface area (Å²) < 4.78 is 11.8. The maximum Gasteiger partial charge on any atom is 0.123 e. The van der Waals surface area contributed by atoms with Crippen LogP contribution in [0.4, 0.5) is 0 Å². The van der Waals surface area contributed by atoms with E-state index in [2.05, 4.69) is 44.0 Å². The molecule has 1 N–H and O–H groups in total. The van der Waals surface area contributed by atoms with Crippen molar-refractivity contribution >= 4 is 0 Å². The molecule has 0 bridgehead atoms. The van der Waals surface area contributed by atoms with Gasteiger partial charge in [-0.05, 0) is 57.9 Å². The molecule has 1 fully saturated rings. The van der Waals surface area contributed by atoms with Gasteiger partial charge in [-0.3, -0.25) is 0 Å². The number of ether oxygens (including phenoxy) is 2. The molecule has 124 valence electrons. The van der Waals surface area contributed by atoms with Gasteiger partial charge in [-0.1, -0.05) is 0 Å². The minimum absolute atomic E-state index is 0.190. The van der Waals surface area contributed by atoms with E-state index in [4.69, 9.17) is 9.47 Å². The summed E-state index contributed by atoms with van der Waals surface area (Å²) in [5.41, 5.74) is 1.24. The predicted octanol–water partition coefficient (Wildman–Crippen LogP) is 2.71. The molecule has 1 aromatic carbocycles. The number of hydrogen-bond donors (Lipinski definition) is 1. The molecule has 0 unspecified atom stereocenters. The fourth-order valence-electron chi connectivity index (χ4n) is 2.68. The number of nitrogens with zero attached hydrogens (tertiary/aromatic N) is 1. The second-order valence-electron chi connectivity index (χ2n) is 6.44. The second kappa shape index (κ2) is 8.39. The average Bonchev–Trinajstić information content (AvgIpc) is 2.47. The predicted molar refractivity (Wildman–Crippen MR) is 91.0 cm³/mol. The quantitative estimate of drug-likeness (QED) is 0.840. The molecular weight excluding hydrogens is 276 g/mol. The Labute approximate surface area is 134 Å². The molecule has 0 radical (unpaired) electrons. The van der Waals surface area contributed by atoms with E-state index >= 15 is 0 Å². The van der Waals surface area contributed by atoms with Gasteiger partial charge in [0.1, 0.15) is 11.5 Å². The molecule has 0 amide bonds. The summed E-state index contributed by atoms with van der Waals surface area (Å²) in [4.78, 5) is 2.51. The number of benzene rings is 1. The second-order valence-corrected chi connectivity index (χ2v) is 6.44. The number of nitrogens with one attached hydrogen (secondary N) is 1. The number of rotatable bonds is 7. The van der Waals surface area contributed by atoms with Crippen molar-refractivity contribution in [2.24, 2.45) is 0 Å². The summed E-state index contributed by atoms with van der Waals surface area (Å²) in [6.07, 6.45) is 1.38. The van der Waals surface area contributed by atoms with Gasteiger partial charge in [0.15, 0.2) is 0 Å². The Hall–Kier alpha value is -1.26. The fourth-order valence-corrected chi connectivity index (χ4v) is 2.68. The Kier molecular flexibility index (Phi) is 6.52. The van der Waals surface area contributed by atoms with Crippen molar-refractivity contribution in [1.82, 2.24) is 10.2 Å². The molecule has 0 aliphatic carbocycles. The average molecular weight is 306 g/mol. The van der Waals surface area contributed by atoms with Gasteiger partial charge >= 0.3 is 0 Å². The molecule has 0 saturated carbocycles. The van der Waals surface area contributed by atoms with E-state index in [0.29, 0.717) is 0 Å². The Morgan fingerprint density at radius 2 is 1.73 bits per heavy atom. The lowest BCUT2D eigenvalue weighted by Crippen LogP contribution is -2.44. The van der Waals surface area contributed by atoms with E-state index in [-0.39, 0.29) is 12.2 Å². The van der Waals surface area contributed by atoms with Crippen LogP contribution in [0.15, 0.2) is 18.2 Å². The van der Waals surface area contributed by atoms with Crippen LogP contribution in [0.25, 0.3) is 0 Å². The lowest BCUT2D eigenvalue weighted by atomic mass is 10.1. The molecule has 2 rings (SSSR count). The SMILES string of the molecule is CC(C)Oc1ccc(OC(C)C)c(CCN2CCNCC2)c1. The highest BCUT2D eigenvalue weighted by Gasteiger charge is 2.13. The van der Waals surface area contributed by atoms with Crippen LogP contribution in [0, 0.1) is 0 Å². The van der Waals surface area contributed by atoms with Gasteiger partial charge in [-0.2, -0.15) is 0 Å². The van der Waals surface area contributed by atoms with Crippen molar-refractivity contribution in [3.05, 3.63) is 23.8 Å². The Bertz CT molecular complexity index is 454. The van der Waals surface area contributed by atoms with Crippen molar-refractivity contribution in [1.29, 1.82) is 0 Å². The Morgan fingerprint density at radius 3 is 2.36 bits per heavy atom. The normalized spacial score (nSPS) is 16.3. The van der Waals surface area contributed by atoms with Crippen LogP contribution in [-0.4, -0.2) is 49.8 Å².